The van der Waals surface area contributed by atoms with Gasteiger partial charge in [0, 0.05) is 13.2 Å². The molecule has 0 saturated heterocycles. The molecule has 1 aliphatic rings. The van der Waals surface area contributed by atoms with E-state index in [0.29, 0.717) is 5.82 Å². The van der Waals surface area contributed by atoms with Crippen molar-refractivity contribution < 1.29 is 4.79 Å². The van der Waals surface area contributed by atoms with Crippen molar-refractivity contribution in [3.8, 4) is 0 Å². The summed E-state index contributed by atoms with van der Waals surface area (Å²) in [5.41, 5.74) is 2.08. The Hall–Kier alpha value is -2.31. The molecule has 110 valence electrons. The molecule has 2 heterocycles. The van der Waals surface area contributed by atoms with E-state index in [1.165, 1.54) is 5.56 Å². The highest BCUT2D eigenvalue weighted by Gasteiger charge is 2.29. The van der Waals surface area contributed by atoms with Gasteiger partial charge >= 0.3 is 0 Å². The number of nitrogens with one attached hydrogen (secondary N) is 1. The van der Waals surface area contributed by atoms with Crippen LogP contribution in [0.5, 0.6) is 0 Å². The first-order valence-corrected chi connectivity index (χ1v) is 7.13. The molecule has 2 atom stereocenters. The van der Waals surface area contributed by atoms with Crippen LogP contribution in [0.4, 0.5) is 0 Å². The molecule has 0 radical (unpaired) electrons. The number of aromatic nitrogens is 5. The number of tetrazole rings is 1. The first-order valence-electron chi connectivity index (χ1n) is 7.13. The van der Waals surface area contributed by atoms with E-state index in [-0.39, 0.29) is 17.9 Å². The van der Waals surface area contributed by atoms with Crippen LogP contribution in [0.15, 0.2) is 18.3 Å². The second kappa shape index (κ2) is 5.59. The van der Waals surface area contributed by atoms with Crippen LogP contribution in [-0.4, -0.2) is 31.1 Å². The molecule has 0 fully saturated rings. The van der Waals surface area contributed by atoms with Crippen LogP contribution in [0, 0.1) is 0 Å². The fourth-order valence-corrected chi connectivity index (χ4v) is 2.85. The highest BCUT2D eigenvalue weighted by atomic mass is 16.2. The number of amides is 1. The molecule has 0 bridgehead atoms. The third-order valence-electron chi connectivity index (χ3n) is 3.91. The molecule has 0 saturated carbocycles. The Kier molecular flexibility index (Phi) is 3.64. The fourth-order valence-electron chi connectivity index (χ4n) is 2.85. The monoisotopic (exact) mass is 286 g/mol. The Morgan fingerprint density at radius 3 is 3.14 bits per heavy atom. The Morgan fingerprint density at radius 1 is 1.52 bits per heavy atom. The summed E-state index contributed by atoms with van der Waals surface area (Å²) in [6.07, 6.45) is 4.59. The molecular formula is C14H18N6O. The number of hydrogen-bond donors (Lipinski definition) is 1. The van der Waals surface area contributed by atoms with E-state index in [0.717, 1.165) is 25.0 Å². The molecule has 0 aliphatic heterocycles. The molecule has 0 unspecified atom stereocenters. The fraction of sp³-hybridized carbons (Fsp3) is 0.500. The minimum absolute atomic E-state index is 0.00912. The van der Waals surface area contributed by atoms with E-state index >= 15 is 0 Å². The first kappa shape index (κ1) is 13.7. The summed E-state index contributed by atoms with van der Waals surface area (Å²) < 4.78 is 1.57. The maximum atomic E-state index is 12.5. The number of nitrogens with zero attached hydrogens (tertiary/aromatic N) is 5. The summed E-state index contributed by atoms with van der Waals surface area (Å²) in [5.74, 6) is 0.448. The van der Waals surface area contributed by atoms with Crippen molar-refractivity contribution in [2.75, 3.05) is 0 Å². The topological polar surface area (TPSA) is 85.6 Å². The lowest BCUT2D eigenvalue weighted by Crippen LogP contribution is -2.34. The van der Waals surface area contributed by atoms with Gasteiger partial charge < -0.3 is 5.32 Å². The predicted octanol–water partition coefficient (Wildman–Crippen LogP) is 0.902. The van der Waals surface area contributed by atoms with Gasteiger partial charge in [0.05, 0.1) is 17.7 Å². The zero-order chi connectivity index (χ0) is 14.8. The van der Waals surface area contributed by atoms with Crippen LogP contribution in [0.3, 0.4) is 0 Å². The standard InChI is InChI=1S/C14H18N6O/c1-9(13-17-18-19-20(13)2)16-14(21)11-7-3-5-10-6-4-8-15-12(10)11/h4,6,8-9,11H,3,5,7H2,1-2H3,(H,16,21)/t9-,11-/m1/s1. The summed E-state index contributed by atoms with van der Waals surface area (Å²) in [6.45, 7) is 1.88. The van der Waals surface area contributed by atoms with Gasteiger partial charge in [-0.15, -0.1) is 5.10 Å². The molecule has 3 rings (SSSR count). The predicted molar refractivity (Wildman–Crippen MR) is 75.3 cm³/mol. The van der Waals surface area contributed by atoms with E-state index in [1.807, 2.05) is 13.0 Å². The molecule has 7 nitrogen and oxygen atoms in total. The lowest BCUT2D eigenvalue weighted by Gasteiger charge is -2.24. The molecule has 21 heavy (non-hydrogen) atoms. The zero-order valence-corrected chi connectivity index (χ0v) is 12.2. The smallest absolute Gasteiger partial charge is 0.229 e. The minimum atomic E-state index is -0.230. The maximum absolute atomic E-state index is 12.5. The number of carbonyl (C=O) groups is 1. The lowest BCUT2D eigenvalue weighted by atomic mass is 9.86. The van der Waals surface area contributed by atoms with Crippen LogP contribution in [0.1, 0.15) is 48.8 Å². The second-order valence-electron chi connectivity index (χ2n) is 5.38. The van der Waals surface area contributed by atoms with Crippen LogP contribution < -0.4 is 5.32 Å². The van der Waals surface area contributed by atoms with Crippen molar-refractivity contribution in [3.63, 3.8) is 0 Å². The van der Waals surface area contributed by atoms with Gasteiger partial charge in [0.15, 0.2) is 5.82 Å². The van der Waals surface area contributed by atoms with Crippen molar-refractivity contribution in [1.82, 2.24) is 30.5 Å². The van der Waals surface area contributed by atoms with Crippen molar-refractivity contribution in [2.45, 2.75) is 38.1 Å². The Balaban J connectivity index is 1.76. The van der Waals surface area contributed by atoms with Gasteiger partial charge in [0.2, 0.25) is 5.91 Å². The van der Waals surface area contributed by atoms with E-state index in [9.17, 15) is 4.79 Å². The summed E-state index contributed by atoms with van der Waals surface area (Å²) >= 11 is 0. The van der Waals surface area contributed by atoms with E-state index in [4.69, 9.17) is 0 Å². The van der Waals surface area contributed by atoms with E-state index in [1.54, 1.807) is 17.9 Å². The van der Waals surface area contributed by atoms with Gasteiger partial charge in [-0.05, 0) is 48.2 Å². The Bertz CT molecular complexity index is 652. The number of hydrogen-bond acceptors (Lipinski definition) is 5. The van der Waals surface area contributed by atoms with Crippen LogP contribution in [-0.2, 0) is 18.3 Å². The normalized spacial score (nSPS) is 18.9. The number of carbonyl (C=O) groups excluding carboxylic acids is 1. The van der Waals surface area contributed by atoms with Gasteiger partial charge in [-0.2, -0.15) is 0 Å². The SMILES string of the molecule is C[C@@H](NC(=O)[C@@H]1CCCc2cccnc21)c1nnnn1C. The maximum Gasteiger partial charge on any atom is 0.229 e. The molecular weight excluding hydrogens is 268 g/mol. The van der Waals surface area contributed by atoms with Crippen LogP contribution >= 0.6 is 0 Å². The third kappa shape index (κ3) is 2.63. The van der Waals surface area contributed by atoms with Crippen LogP contribution in [0.25, 0.3) is 0 Å². The molecule has 1 N–H and O–H groups in total. The highest BCUT2D eigenvalue weighted by Crippen LogP contribution is 2.30. The average Bonchev–Trinajstić information content (AvgIpc) is 2.92. The zero-order valence-electron chi connectivity index (χ0n) is 12.2. The van der Waals surface area contributed by atoms with Gasteiger partial charge in [0.1, 0.15) is 0 Å². The molecule has 2 aromatic rings. The molecule has 7 heteroatoms. The first-order chi connectivity index (χ1) is 10.2. The molecule has 2 aromatic heterocycles. The average molecular weight is 286 g/mol. The van der Waals surface area contributed by atoms with Crippen molar-refractivity contribution in [3.05, 3.63) is 35.4 Å². The Morgan fingerprint density at radius 2 is 2.38 bits per heavy atom. The third-order valence-corrected chi connectivity index (χ3v) is 3.91. The minimum Gasteiger partial charge on any atom is -0.346 e. The highest BCUT2D eigenvalue weighted by molar-refractivity contribution is 5.84. The summed E-state index contributed by atoms with van der Waals surface area (Å²) in [7, 11) is 1.76. The number of aryl methyl sites for hydroxylation is 2. The number of fused-ring (bicyclic) bond motifs is 1. The molecule has 1 amide bonds. The molecule has 0 aromatic carbocycles. The molecule has 0 spiro atoms. The summed E-state index contributed by atoms with van der Waals surface area (Å²) in [6, 6.07) is 3.75. The Labute approximate surface area is 122 Å². The van der Waals surface area contributed by atoms with Crippen molar-refractivity contribution >= 4 is 5.91 Å². The van der Waals surface area contributed by atoms with Crippen LogP contribution in [0.2, 0.25) is 0 Å². The van der Waals surface area contributed by atoms with Gasteiger partial charge in [-0.25, -0.2) is 4.68 Å². The van der Waals surface area contributed by atoms with E-state index in [2.05, 4.69) is 31.9 Å². The van der Waals surface area contributed by atoms with E-state index < -0.39 is 0 Å². The lowest BCUT2D eigenvalue weighted by molar-refractivity contribution is -0.123. The largest absolute Gasteiger partial charge is 0.346 e. The van der Waals surface area contributed by atoms with Gasteiger partial charge in [0.25, 0.3) is 0 Å². The van der Waals surface area contributed by atoms with Gasteiger partial charge in [-0.3, -0.25) is 9.78 Å². The number of rotatable bonds is 3. The van der Waals surface area contributed by atoms with Gasteiger partial charge in [-0.1, -0.05) is 6.07 Å². The number of pyridine rings is 1. The second-order valence-corrected chi connectivity index (χ2v) is 5.38. The summed E-state index contributed by atoms with van der Waals surface area (Å²) in [5, 5.41) is 14.3. The molecule has 1 aliphatic carbocycles. The quantitative estimate of drug-likeness (QED) is 0.906. The summed E-state index contributed by atoms with van der Waals surface area (Å²) in [4.78, 5) is 17.0. The van der Waals surface area contributed by atoms with Crippen molar-refractivity contribution in [2.24, 2.45) is 7.05 Å². The van der Waals surface area contributed by atoms with Crippen molar-refractivity contribution in [1.29, 1.82) is 0 Å².